The molecule has 0 aromatic carbocycles. The fraction of sp³-hybridized carbons (Fsp3) is 0.444. The zero-order chi connectivity index (χ0) is 12.0. The second-order valence-corrected chi connectivity index (χ2v) is 2.91. The number of H-pyrrole nitrogens is 1. The number of nitrogens with one attached hydrogen (secondary N) is 2. The third kappa shape index (κ3) is 3.44. The third-order valence-electron chi connectivity index (χ3n) is 1.86. The molecule has 0 unspecified atom stereocenters. The second kappa shape index (κ2) is 5.99. The Morgan fingerprint density at radius 3 is 2.75 bits per heavy atom. The van der Waals surface area contributed by atoms with Crippen LogP contribution in [0.25, 0.3) is 0 Å². The molecule has 1 heterocycles. The molecule has 1 amide bonds. The van der Waals surface area contributed by atoms with Crippen LogP contribution in [0, 0.1) is 0 Å². The molecule has 0 atom stereocenters. The summed E-state index contributed by atoms with van der Waals surface area (Å²) in [5.41, 5.74) is -0.228. The van der Waals surface area contributed by atoms with Gasteiger partial charge in [-0.25, -0.2) is 4.98 Å². The van der Waals surface area contributed by atoms with Crippen molar-refractivity contribution in [1.29, 1.82) is 0 Å². The van der Waals surface area contributed by atoms with E-state index in [4.69, 9.17) is 9.47 Å². The lowest BCUT2D eigenvalue weighted by Gasteiger charge is -2.13. The van der Waals surface area contributed by atoms with Crippen LogP contribution < -0.4 is 10.9 Å². The summed E-state index contributed by atoms with van der Waals surface area (Å²) in [6, 6.07) is 0. The average molecular weight is 227 g/mol. The van der Waals surface area contributed by atoms with Gasteiger partial charge in [0.2, 0.25) is 0 Å². The largest absolute Gasteiger partial charge is 0.354 e. The van der Waals surface area contributed by atoms with E-state index in [2.05, 4.69) is 15.3 Å². The van der Waals surface area contributed by atoms with Crippen molar-refractivity contribution in [2.75, 3.05) is 20.8 Å². The molecule has 0 saturated heterocycles. The van der Waals surface area contributed by atoms with E-state index >= 15 is 0 Å². The van der Waals surface area contributed by atoms with Crippen molar-refractivity contribution in [3.05, 3.63) is 28.4 Å². The van der Waals surface area contributed by atoms with Gasteiger partial charge >= 0.3 is 0 Å². The molecule has 16 heavy (non-hydrogen) atoms. The highest BCUT2D eigenvalue weighted by molar-refractivity contribution is 5.91. The van der Waals surface area contributed by atoms with Gasteiger partial charge in [0, 0.05) is 20.4 Å². The summed E-state index contributed by atoms with van der Waals surface area (Å²) in [5, 5.41) is 2.55. The zero-order valence-electron chi connectivity index (χ0n) is 9.02. The maximum atomic E-state index is 11.5. The highest BCUT2D eigenvalue weighted by atomic mass is 16.7. The Morgan fingerprint density at radius 2 is 2.25 bits per heavy atom. The lowest BCUT2D eigenvalue weighted by atomic mass is 10.4. The smallest absolute Gasteiger partial charge is 0.271 e. The number of amides is 1. The van der Waals surface area contributed by atoms with Crippen molar-refractivity contribution >= 4 is 5.91 Å². The van der Waals surface area contributed by atoms with Gasteiger partial charge in [0.1, 0.15) is 5.69 Å². The highest BCUT2D eigenvalue weighted by Crippen LogP contribution is 1.91. The van der Waals surface area contributed by atoms with Crippen LogP contribution in [-0.4, -0.2) is 42.9 Å². The van der Waals surface area contributed by atoms with Gasteiger partial charge in [-0.15, -0.1) is 0 Å². The molecule has 0 aliphatic rings. The minimum atomic E-state index is -0.508. The van der Waals surface area contributed by atoms with E-state index in [1.165, 1.54) is 20.4 Å². The van der Waals surface area contributed by atoms with Crippen LogP contribution in [0.15, 0.2) is 17.2 Å². The Hall–Kier alpha value is -1.73. The van der Waals surface area contributed by atoms with E-state index in [1.54, 1.807) is 0 Å². The maximum Gasteiger partial charge on any atom is 0.271 e. The summed E-state index contributed by atoms with van der Waals surface area (Å²) >= 11 is 0. The van der Waals surface area contributed by atoms with Crippen LogP contribution in [0.1, 0.15) is 10.5 Å². The molecule has 88 valence electrons. The second-order valence-electron chi connectivity index (χ2n) is 2.91. The predicted molar refractivity (Wildman–Crippen MR) is 55.0 cm³/mol. The number of nitrogens with zero attached hydrogens (tertiary/aromatic N) is 1. The Balaban J connectivity index is 2.52. The Labute approximate surface area is 91.8 Å². The highest BCUT2D eigenvalue weighted by Gasteiger charge is 2.10. The lowest BCUT2D eigenvalue weighted by Crippen LogP contribution is -2.34. The van der Waals surface area contributed by atoms with Gasteiger partial charge in [-0.2, -0.15) is 0 Å². The van der Waals surface area contributed by atoms with Gasteiger partial charge in [0.15, 0.2) is 6.29 Å². The molecular weight excluding hydrogens is 214 g/mol. The number of rotatable bonds is 5. The summed E-state index contributed by atoms with van der Waals surface area (Å²) < 4.78 is 9.78. The Bertz CT molecular complexity index is 379. The van der Waals surface area contributed by atoms with E-state index in [-0.39, 0.29) is 17.8 Å². The Morgan fingerprint density at radius 1 is 1.56 bits per heavy atom. The number of aromatic amines is 1. The van der Waals surface area contributed by atoms with Crippen molar-refractivity contribution < 1.29 is 14.3 Å². The van der Waals surface area contributed by atoms with Gasteiger partial charge in [-0.3, -0.25) is 9.59 Å². The lowest BCUT2D eigenvalue weighted by molar-refractivity contribution is -0.0974. The molecule has 7 heteroatoms. The zero-order valence-corrected chi connectivity index (χ0v) is 9.02. The van der Waals surface area contributed by atoms with E-state index in [0.717, 1.165) is 6.20 Å². The van der Waals surface area contributed by atoms with E-state index in [9.17, 15) is 9.59 Å². The molecule has 2 N–H and O–H groups in total. The molecule has 0 saturated carbocycles. The standard InChI is InChI=1S/C9H13N3O4/c1-15-8(16-2)5-12-9(14)6-3-11-7(13)4-10-6/h3-4,8H,5H2,1-2H3,(H,11,13)(H,12,14). The molecule has 0 radical (unpaired) electrons. The first-order valence-corrected chi connectivity index (χ1v) is 4.56. The molecule has 1 aromatic rings. The topological polar surface area (TPSA) is 93.3 Å². The van der Waals surface area contributed by atoms with Gasteiger partial charge in [0.25, 0.3) is 11.5 Å². The molecule has 0 aliphatic heterocycles. The number of aromatic nitrogens is 2. The van der Waals surface area contributed by atoms with Crippen molar-refractivity contribution in [3.63, 3.8) is 0 Å². The monoisotopic (exact) mass is 227 g/mol. The number of methoxy groups -OCH3 is 2. The van der Waals surface area contributed by atoms with Crippen LogP contribution in [0.4, 0.5) is 0 Å². The Kier molecular flexibility index (Phi) is 4.62. The number of carbonyl (C=O) groups is 1. The summed E-state index contributed by atoms with van der Waals surface area (Å²) in [4.78, 5) is 28.2. The molecule has 0 fully saturated rings. The predicted octanol–water partition coefficient (Wildman–Crippen LogP) is -0.881. The van der Waals surface area contributed by atoms with E-state index < -0.39 is 12.2 Å². The molecule has 0 aliphatic carbocycles. The quantitative estimate of drug-likeness (QED) is 0.637. The van der Waals surface area contributed by atoms with E-state index in [1.807, 2.05) is 0 Å². The van der Waals surface area contributed by atoms with E-state index in [0.29, 0.717) is 0 Å². The number of hydrogen-bond donors (Lipinski definition) is 2. The van der Waals surface area contributed by atoms with Crippen LogP contribution >= 0.6 is 0 Å². The number of ether oxygens (including phenoxy) is 2. The van der Waals surface area contributed by atoms with Crippen LogP contribution in [0.5, 0.6) is 0 Å². The van der Waals surface area contributed by atoms with Crippen molar-refractivity contribution in [2.45, 2.75) is 6.29 Å². The van der Waals surface area contributed by atoms with Crippen molar-refractivity contribution in [1.82, 2.24) is 15.3 Å². The molecule has 1 rings (SSSR count). The minimum Gasteiger partial charge on any atom is -0.354 e. The fourth-order valence-corrected chi connectivity index (χ4v) is 0.996. The van der Waals surface area contributed by atoms with Crippen molar-refractivity contribution in [2.24, 2.45) is 0 Å². The normalized spacial score (nSPS) is 10.4. The van der Waals surface area contributed by atoms with Crippen LogP contribution in [0.3, 0.4) is 0 Å². The van der Waals surface area contributed by atoms with Gasteiger partial charge in [-0.1, -0.05) is 0 Å². The van der Waals surface area contributed by atoms with Gasteiger partial charge < -0.3 is 19.8 Å². The van der Waals surface area contributed by atoms with Crippen LogP contribution in [-0.2, 0) is 9.47 Å². The first-order chi connectivity index (χ1) is 7.67. The fourth-order valence-electron chi connectivity index (χ4n) is 0.996. The summed E-state index contributed by atoms with van der Waals surface area (Å²) in [6.07, 6.45) is 1.78. The molecule has 0 spiro atoms. The van der Waals surface area contributed by atoms with Crippen molar-refractivity contribution in [3.8, 4) is 0 Å². The number of carbonyl (C=O) groups excluding carboxylic acids is 1. The molecular formula is C9H13N3O4. The molecule has 7 nitrogen and oxygen atoms in total. The average Bonchev–Trinajstić information content (AvgIpc) is 2.31. The van der Waals surface area contributed by atoms with Crippen LogP contribution in [0.2, 0.25) is 0 Å². The molecule has 1 aromatic heterocycles. The third-order valence-corrected chi connectivity index (χ3v) is 1.86. The summed E-state index contributed by atoms with van der Waals surface area (Å²) in [6.45, 7) is 0.201. The first-order valence-electron chi connectivity index (χ1n) is 4.56. The summed E-state index contributed by atoms with van der Waals surface area (Å²) in [5.74, 6) is -0.407. The summed E-state index contributed by atoms with van der Waals surface area (Å²) in [7, 11) is 2.94. The van der Waals surface area contributed by atoms with Gasteiger partial charge in [-0.05, 0) is 0 Å². The van der Waals surface area contributed by atoms with Gasteiger partial charge in [0.05, 0.1) is 12.7 Å². The maximum absolute atomic E-state index is 11.5. The minimum absolute atomic E-state index is 0.130. The first kappa shape index (κ1) is 12.3. The SMILES string of the molecule is COC(CNC(=O)c1c[nH]c(=O)cn1)OC. The number of hydrogen-bond acceptors (Lipinski definition) is 5. The molecule has 0 bridgehead atoms.